The highest BCUT2D eigenvalue weighted by atomic mass is 15.2. The van der Waals surface area contributed by atoms with Gasteiger partial charge in [0.25, 0.3) is 0 Å². The molecule has 2 heterocycles. The average Bonchev–Trinajstić information content (AvgIpc) is 2.78. The smallest absolute Gasteiger partial charge is 0.235 e. The van der Waals surface area contributed by atoms with Crippen LogP contribution in [0.4, 0.5) is 0 Å². The molecule has 0 bridgehead atoms. The number of aromatic nitrogens is 4. The summed E-state index contributed by atoms with van der Waals surface area (Å²) in [4.78, 5) is 12.9. The van der Waals surface area contributed by atoms with E-state index in [4.69, 9.17) is 5.26 Å². The minimum atomic E-state index is 0.229. The zero-order valence-corrected chi connectivity index (χ0v) is 9.48. The van der Waals surface area contributed by atoms with Crippen LogP contribution < -0.4 is 0 Å². The lowest BCUT2D eigenvalue weighted by Gasteiger charge is -2.04. The van der Waals surface area contributed by atoms with Gasteiger partial charge < -0.3 is 0 Å². The molecule has 86 valence electrons. The predicted octanol–water partition coefficient (Wildman–Crippen LogP) is 1.88. The Morgan fingerprint density at radius 2 is 1.89 bits per heavy atom. The molecule has 1 aromatic carbocycles. The molecule has 0 radical (unpaired) electrons. The maximum absolute atomic E-state index is 8.87. The van der Waals surface area contributed by atoms with E-state index in [0.717, 1.165) is 11.0 Å². The Hall–Kier alpha value is -2.74. The monoisotopic (exact) mass is 235 g/mol. The maximum atomic E-state index is 8.87. The van der Waals surface area contributed by atoms with E-state index in [1.54, 1.807) is 18.5 Å². The number of fused-ring (bicyclic) bond motifs is 1. The van der Waals surface area contributed by atoms with Crippen molar-refractivity contribution in [2.24, 2.45) is 0 Å². The van der Waals surface area contributed by atoms with Crippen LogP contribution in [0.2, 0.25) is 0 Å². The van der Waals surface area contributed by atoms with Crippen molar-refractivity contribution in [3.63, 3.8) is 0 Å². The normalized spacial score (nSPS) is 10.4. The number of benzene rings is 1. The lowest BCUT2D eigenvalue weighted by atomic mass is 10.3. The summed E-state index contributed by atoms with van der Waals surface area (Å²) in [6.07, 6.45) is 3.58. The number of hydrogen-bond acceptors (Lipinski definition) is 4. The summed E-state index contributed by atoms with van der Waals surface area (Å²) in [7, 11) is 0. The molecule has 0 aliphatic heterocycles. The summed E-state index contributed by atoms with van der Waals surface area (Å²) in [5.41, 5.74) is 1.75. The Morgan fingerprint density at radius 3 is 2.67 bits per heavy atom. The Labute approximate surface area is 103 Å². The van der Waals surface area contributed by atoms with Crippen molar-refractivity contribution in [1.29, 1.82) is 5.26 Å². The molecular formula is C13H9N5. The molecule has 0 fully saturated rings. The lowest BCUT2D eigenvalue weighted by molar-refractivity contribution is 0.880. The van der Waals surface area contributed by atoms with Gasteiger partial charge >= 0.3 is 0 Å². The summed E-state index contributed by atoms with van der Waals surface area (Å²) in [5.74, 6) is 1.20. The van der Waals surface area contributed by atoms with Gasteiger partial charge in [0, 0.05) is 12.4 Å². The number of para-hydroxylation sites is 2. The fourth-order valence-electron chi connectivity index (χ4n) is 1.90. The van der Waals surface area contributed by atoms with Crippen molar-refractivity contribution in [3.05, 3.63) is 48.5 Å². The first-order valence-corrected chi connectivity index (χ1v) is 5.51. The van der Waals surface area contributed by atoms with Crippen molar-refractivity contribution < 1.29 is 0 Å². The third-order valence-corrected chi connectivity index (χ3v) is 2.62. The molecule has 18 heavy (non-hydrogen) atoms. The molecule has 0 unspecified atom stereocenters. The number of nitrogens with zero attached hydrogens (tertiary/aromatic N) is 5. The first kappa shape index (κ1) is 10.4. The number of imidazole rings is 1. The molecule has 0 saturated carbocycles. The van der Waals surface area contributed by atoms with Crippen molar-refractivity contribution >= 4 is 11.0 Å². The van der Waals surface area contributed by atoms with Crippen LogP contribution >= 0.6 is 0 Å². The highest BCUT2D eigenvalue weighted by molar-refractivity contribution is 5.77. The van der Waals surface area contributed by atoms with Crippen LogP contribution in [0.5, 0.6) is 0 Å². The highest BCUT2D eigenvalue weighted by Crippen LogP contribution is 2.19. The summed E-state index contributed by atoms with van der Waals surface area (Å²) >= 11 is 0. The fourth-order valence-corrected chi connectivity index (χ4v) is 1.90. The molecular weight excluding hydrogens is 226 g/mol. The lowest BCUT2D eigenvalue weighted by Crippen LogP contribution is -2.04. The first-order chi connectivity index (χ1) is 8.90. The van der Waals surface area contributed by atoms with Crippen molar-refractivity contribution in [3.8, 4) is 12.0 Å². The second-order valence-corrected chi connectivity index (χ2v) is 3.74. The molecule has 0 saturated heterocycles. The molecule has 0 aliphatic rings. The number of nitriles is 1. The minimum absolute atomic E-state index is 0.229. The molecule has 0 N–H and O–H groups in total. The fraction of sp³-hybridized carbons (Fsp3) is 0.0769. The van der Waals surface area contributed by atoms with Gasteiger partial charge in [0.1, 0.15) is 5.82 Å². The molecule has 5 nitrogen and oxygen atoms in total. The maximum Gasteiger partial charge on any atom is 0.235 e. The Bertz CT molecular complexity index is 724. The van der Waals surface area contributed by atoms with Gasteiger partial charge in [-0.3, -0.25) is 4.57 Å². The van der Waals surface area contributed by atoms with E-state index in [0.29, 0.717) is 11.8 Å². The van der Waals surface area contributed by atoms with E-state index in [9.17, 15) is 0 Å². The summed E-state index contributed by atoms with van der Waals surface area (Å²) < 4.78 is 1.82. The summed E-state index contributed by atoms with van der Waals surface area (Å²) in [6, 6.07) is 11.6. The van der Waals surface area contributed by atoms with Gasteiger partial charge in [0.05, 0.1) is 23.5 Å². The van der Waals surface area contributed by atoms with Gasteiger partial charge in [-0.25, -0.2) is 15.0 Å². The predicted molar refractivity (Wildman–Crippen MR) is 66.0 cm³/mol. The van der Waals surface area contributed by atoms with Crippen LogP contribution in [0.3, 0.4) is 0 Å². The van der Waals surface area contributed by atoms with Gasteiger partial charge in [0.15, 0.2) is 0 Å². The quantitative estimate of drug-likeness (QED) is 0.680. The summed E-state index contributed by atoms with van der Waals surface area (Å²) in [5, 5.41) is 8.87. The first-order valence-electron chi connectivity index (χ1n) is 5.51. The second-order valence-electron chi connectivity index (χ2n) is 3.74. The molecule has 5 heteroatoms. The average molecular weight is 235 g/mol. The van der Waals surface area contributed by atoms with Crippen LogP contribution in [0.25, 0.3) is 17.0 Å². The molecule has 2 aromatic heterocycles. The Balaban J connectivity index is 2.32. The van der Waals surface area contributed by atoms with E-state index in [-0.39, 0.29) is 6.42 Å². The van der Waals surface area contributed by atoms with Gasteiger partial charge in [-0.15, -0.1) is 0 Å². The minimum Gasteiger partial charge on any atom is -0.263 e. The van der Waals surface area contributed by atoms with Gasteiger partial charge in [-0.1, -0.05) is 12.1 Å². The van der Waals surface area contributed by atoms with Crippen LogP contribution in [0.15, 0.2) is 42.7 Å². The number of hydrogen-bond donors (Lipinski definition) is 0. The highest BCUT2D eigenvalue weighted by Gasteiger charge is 2.12. The van der Waals surface area contributed by atoms with Crippen molar-refractivity contribution in [1.82, 2.24) is 19.5 Å². The molecule has 0 spiro atoms. The molecule has 0 atom stereocenters. The van der Waals surface area contributed by atoms with Gasteiger partial charge in [-0.2, -0.15) is 5.26 Å². The Kier molecular flexibility index (Phi) is 2.47. The van der Waals surface area contributed by atoms with E-state index in [1.807, 2.05) is 28.8 Å². The van der Waals surface area contributed by atoms with Crippen LogP contribution in [-0.4, -0.2) is 19.5 Å². The largest absolute Gasteiger partial charge is 0.263 e. The second kappa shape index (κ2) is 4.26. The van der Waals surface area contributed by atoms with Gasteiger partial charge in [0.2, 0.25) is 5.95 Å². The van der Waals surface area contributed by atoms with E-state index < -0.39 is 0 Å². The van der Waals surface area contributed by atoms with Crippen LogP contribution in [-0.2, 0) is 6.42 Å². The molecule has 0 amide bonds. The van der Waals surface area contributed by atoms with Crippen molar-refractivity contribution in [2.75, 3.05) is 0 Å². The topological polar surface area (TPSA) is 67.4 Å². The number of rotatable bonds is 2. The zero-order chi connectivity index (χ0) is 12.4. The van der Waals surface area contributed by atoms with Gasteiger partial charge in [-0.05, 0) is 18.2 Å². The zero-order valence-electron chi connectivity index (χ0n) is 9.48. The molecule has 0 aliphatic carbocycles. The van der Waals surface area contributed by atoms with Crippen molar-refractivity contribution in [2.45, 2.75) is 6.42 Å². The molecule has 3 rings (SSSR count). The third-order valence-electron chi connectivity index (χ3n) is 2.62. The van der Waals surface area contributed by atoms with E-state index in [2.05, 4.69) is 21.0 Å². The van der Waals surface area contributed by atoms with E-state index >= 15 is 0 Å². The summed E-state index contributed by atoms with van der Waals surface area (Å²) in [6.45, 7) is 0. The Morgan fingerprint density at radius 1 is 1.11 bits per heavy atom. The SMILES string of the molecule is N#CCc1nc2ccccc2n1-c1ncccn1. The van der Waals surface area contributed by atoms with E-state index in [1.165, 1.54) is 0 Å². The standard InChI is InChI=1S/C13H9N5/c14-7-6-12-17-10-4-1-2-5-11(10)18(12)13-15-8-3-9-16-13/h1-5,8-9H,6H2. The van der Waals surface area contributed by atoms with Crippen LogP contribution in [0, 0.1) is 11.3 Å². The third kappa shape index (κ3) is 1.60. The molecule has 3 aromatic rings. The van der Waals surface area contributed by atoms with Crippen LogP contribution in [0.1, 0.15) is 5.82 Å².